The normalized spacial score (nSPS) is 12.6. The minimum atomic E-state index is -1.68. The van der Waals surface area contributed by atoms with Gasteiger partial charge >= 0.3 is 0 Å². The Morgan fingerprint density at radius 2 is 1.24 bits per heavy atom. The minimum absolute atomic E-state index is 0.0705. The van der Waals surface area contributed by atoms with Crippen LogP contribution < -0.4 is 0 Å². The Balaban J connectivity index is 2.10. The summed E-state index contributed by atoms with van der Waals surface area (Å²) in [5.41, 5.74) is -0.294. The number of nitro groups is 1. The Bertz CT molecular complexity index is 808. The standard InChI is InChI=1S/C20H17NO4/c22-19(15-11-13-18(14-12-15)21(24)25)20(23,16-7-3-1-4-8-16)17-9-5-2-6-10-17/h1-14,19,22-23H. The van der Waals surface area contributed by atoms with Crippen LogP contribution in [0.2, 0.25) is 0 Å². The third-order valence-corrected chi connectivity index (χ3v) is 4.24. The quantitative estimate of drug-likeness (QED) is 0.551. The molecule has 0 aromatic heterocycles. The molecule has 0 saturated heterocycles. The molecule has 25 heavy (non-hydrogen) atoms. The van der Waals surface area contributed by atoms with E-state index >= 15 is 0 Å². The number of nitro benzene ring substituents is 1. The Labute approximate surface area is 145 Å². The fraction of sp³-hybridized carbons (Fsp3) is 0.100. The first-order chi connectivity index (χ1) is 12.0. The minimum Gasteiger partial charge on any atom is -0.385 e. The summed E-state index contributed by atoms with van der Waals surface area (Å²) >= 11 is 0. The molecule has 0 radical (unpaired) electrons. The van der Waals surface area contributed by atoms with Gasteiger partial charge in [0.2, 0.25) is 0 Å². The fourth-order valence-corrected chi connectivity index (χ4v) is 2.89. The zero-order valence-electron chi connectivity index (χ0n) is 13.3. The van der Waals surface area contributed by atoms with E-state index in [1.807, 2.05) is 12.1 Å². The summed E-state index contributed by atoms with van der Waals surface area (Å²) in [7, 11) is 0. The van der Waals surface area contributed by atoms with Gasteiger partial charge < -0.3 is 10.2 Å². The topological polar surface area (TPSA) is 83.6 Å². The summed E-state index contributed by atoms with van der Waals surface area (Å²) in [6, 6.07) is 23.3. The predicted molar refractivity (Wildman–Crippen MR) is 93.9 cm³/mol. The highest BCUT2D eigenvalue weighted by Crippen LogP contribution is 2.41. The van der Waals surface area contributed by atoms with E-state index in [2.05, 4.69) is 0 Å². The number of hydrogen-bond donors (Lipinski definition) is 2. The van der Waals surface area contributed by atoms with Gasteiger partial charge in [0.05, 0.1) is 4.92 Å². The number of benzene rings is 3. The third-order valence-electron chi connectivity index (χ3n) is 4.24. The van der Waals surface area contributed by atoms with Crippen LogP contribution in [0.5, 0.6) is 0 Å². The second kappa shape index (κ2) is 6.84. The molecule has 0 amide bonds. The maximum Gasteiger partial charge on any atom is 0.269 e. The summed E-state index contributed by atoms with van der Waals surface area (Å²) in [6.07, 6.45) is -1.29. The lowest BCUT2D eigenvalue weighted by atomic mass is 9.79. The molecule has 0 spiro atoms. The summed E-state index contributed by atoms with van der Waals surface area (Å²) in [5, 5.41) is 33.2. The van der Waals surface area contributed by atoms with Crippen LogP contribution in [0.1, 0.15) is 22.8 Å². The molecule has 5 heteroatoms. The van der Waals surface area contributed by atoms with E-state index in [0.29, 0.717) is 16.7 Å². The zero-order valence-corrected chi connectivity index (χ0v) is 13.3. The van der Waals surface area contributed by atoms with Gasteiger partial charge in [0.1, 0.15) is 11.7 Å². The number of aliphatic hydroxyl groups is 2. The van der Waals surface area contributed by atoms with Crippen LogP contribution in [0.15, 0.2) is 84.9 Å². The highest BCUT2D eigenvalue weighted by molar-refractivity contribution is 5.42. The number of hydrogen-bond acceptors (Lipinski definition) is 4. The van der Waals surface area contributed by atoms with E-state index in [1.165, 1.54) is 24.3 Å². The first kappa shape index (κ1) is 16.8. The summed E-state index contributed by atoms with van der Waals surface area (Å²) in [5.74, 6) is 0. The van der Waals surface area contributed by atoms with Crippen molar-refractivity contribution < 1.29 is 15.1 Å². The Kier molecular flexibility index (Phi) is 4.61. The average Bonchev–Trinajstić information content (AvgIpc) is 2.68. The van der Waals surface area contributed by atoms with Crippen LogP contribution in [-0.2, 0) is 5.60 Å². The van der Waals surface area contributed by atoms with Crippen molar-refractivity contribution in [3.05, 3.63) is 112 Å². The molecule has 0 fully saturated rings. The molecule has 0 saturated carbocycles. The number of rotatable bonds is 5. The zero-order chi connectivity index (χ0) is 17.9. The van der Waals surface area contributed by atoms with E-state index in [9.17, 15) is 20.3 Å². The lowest BCUT2D eigenvalue weighted by Gasteiger charge is -2.34. The Hall–Kier alpha value is -3.02. The van der Waals surface area contributed by atoms with Crippen molar-refractivity contribution in [1.29, 1.82) is 0 Å². The molecule has 3 aromatic carbocycles. The van der Waals surface area contributed by atoms with Crippen molar-refractivity contribution in [3.63, 3.8) is 0 Å². The van der Waals surface area contributed by atoms with Crippen molar-refractivity contribution in [2.45, 2.75) is 11.7 Å². The van der Waals surface area contributed by atoms with Gasteiger partial charge in [0.25, 0.3) is 5.69 Å². The lowest BCUT2D eigenvalue weighted by molar-refractivity contribution is -0.384. The predicted octanol–water partition coefficient (Wildman–Crippen LogP) is 3.56. The van der Waals surface area contributed by atoms with Gasteiger partial charge in [0.15, 0.2) is 0 Å². The fourth-order valence-electron chi connectivity index (χ4n) is 2.89. The van der Waals surface area contributed by atoms with Crippen LogP contribution in [-0.4, -0.2) is 15.1 Å². The SMILES string of the molecule is O=[N+]([O-])c1ccc(C(O)C(O)(c2ccccc2)c2ccccc2)cc1. The summed E-state index contributed by atoms with van der Waals surface area (Å²) in [6.45, 7) is 0. The van der Waals surface area contributed by atoms with Gasteiger partial charge in [-0.15, -0.1) is 0 Å². The molecule has 0 aliphatic heterocycles. The molecule has 126 valence electrons. The van der Waals surface area contributed by atoms with Gasteiger partial charge in [0, 0.05) is 12.1 Å². The lowest BCUT2D eigenvalue weighted by Crippen LogP contribution is -2.35. The van der Waals surface area contributed by atoms with Gasteiger partial charge in [-0.3, -0.25) is 10.1 Å². The average molecular weight is 335 g/mol. The first-order valence-electron chi connectivity index (χ1n) is 7.79. The Morgan fingerprint density at radius 1 is 0.800 bits per heavy atom. The van der Waals surface area contributed by atoms with Crippen LogP contribution in [0.25, 0.3) is 0 Å². The smallest absolute Gasteiger partial charge is 0.269 e. The van der Waals surface area contributed by atoms with Gasteiger partial charge in [-0.25, -0.2) is 0 Å². The highest BCUT2D eigenvalue weighted by atomic mass is 16.6. The number of aliphatic hydroxyl groups excluding tert-OH is 1. The molecule has 1 atom stereocenters. The second-order valence-electron chi connectivity index (χ2n) is 5.75. The van der Waals surface area contributed by atoms with E-state index in [-0.39, 0.29) is 5.69 Å². The summed E-state index contributed by atoms with van der Waals surface area (Å²) in [4.78, 5) is 10.3. The second-order valence-corrected chi connectivity index (χ2v) is 5.75. The highest BCUT2D eigenvalue weighted by Gasteiger charge is 2.40. The first-order valence-corrected chi connectivity index (χ1v) is 7.79. The van der Waals surface area contributed by atoms with E-state index in [1.54, 1.807) is 48.5 Å². The molecule has 0 aliphatic rings. The molecule has 3 rings (SSSR count). The van der Waals surface area contributed by atoms with Crippen LogP contribution in [0.4, 0.5) is 5.69 Å². The molecule has 0 heterocycles. The number of nitrogens with zero attached hydrogens (tertiary/aromatic N) is 1. The molecular weight excluding hydrogens is 318 g/mol. The van der Waals surface area contributed by atoms with Gasteiger partial charge in [-0.2, -0.15) is 0 Å². The van der Waals surface area contributed by atoms with Crippen LogP contribution in [0, 0.1) is 10.1 Å². The number of non-ortho nitro benzene ring substituents is 1. The van der Waals surface area contributed by atoms with Crippen molar-refractivity contribution in [2.24, 2.45) is 0 Å². The maximum atomic E-state index is 11.5. The van der Waals surface area contributed by atoms with E-state index in [4.69, 9.17) is 0 Å². The molecule has 2 N–H and O–H groups in total. The maximum absolute atomic E-state index is 11.5. The van der Waals surface area contributed by atoms with Gasteiger partial charge in [-0.1, -0.05) is 60.7 Å². The van der Waals surface area contributed by atoms with Crippen LogP contribution >= 0.6 is 0 Å². The molecule has 5 nitrogen and oxygen atoms in total. The third kappa shape index (κ3) is 3.15. The van der Waals surface area contributed by atoms with E-state index < -0.39 is 16.6 Å². The Morgan fingerprint density at radius 3 is 1.64 bits per heavy atom. The van der Waals surface area contributed by atoms with Crippen LogP contribution in [0.3, 0.4) is 0 Å². The molecular formula is C20H17NO4. The van der Waals surface area contributed by atoms with Crippen molar-refractivity contribution in [3.8, 4) is 0 Å². The molecule has 0 aliphatic carbocycles. The summed E-state index contributed by atoms with van der Waals surface area (Å²) < 4.78 is 0. The molecule has 1 unspecified atom stereocenters. The van der Waals surface area contributed by atoms with Crippen molar-refractivity contribution in [1.82, 2.24) is 0 Å². The molecule has 3 aromatic rings. The largest absolute Gasteiger partial charge is 0.385 e. The van der Waals surface area contributed by atoms with Crippen molar-refractivity contribution in [2.75, 3.05) is 0 Å². The molecule has 0 bridgehead atoms. The van der Waals surface area contributed by atoms with Gasteiger partial charge in [-0.05, 0) is 28.8 Å². The van der Waals surface area contributed by atoms with Crippen molar-refractivity contribution >= 4 is 5.69 Å². The van der Waals surface area contributed by atoms with E-state index in [0.717, 1.165) is 0 Å². The monoisotopic (exact) mass is 335 g/mol.